The number of guanidine groups is 1. The lowest BCUT2D eigenvalue weighted by molar-refractivity contribution is 0.397. The molecule has 0 bridgehead atoms. The first-order chi connectivity index (χ1) is 11.2. The summed E-state index contributed by atoms with van der Waals surface area (Å²) in [5.74, 6) is 1.40. The van der Waals surface area contributed by atoms with Crippen LogP contribution in [0.2, 0.25) is 0 Å². The Balaban J connectivity index is 2.00. The fourth-order valence-corrected chi connectivity index (χ4v) is 2.16. The average Bonchev–Trinajstić information content (AvgIpc) is 2.59. The Kier molecular flexibility index (Phi) is 6.41. The van der Waals surface area contributed by atoms with Gasteiger partial charge in [-0.1, -0.05) is 24.3 Å². The summed E-state index contributed by atoms with van der Waals surface area (Å²) in [5, 5.41) is 6.63. The Morgan fingerprint density at radius 1 is 1.22 bits per heavy atom. The minimum Gasteiger partial charge on any atom is -0.481 e. The molecule has 2 rings (SSSR count). The summed E-state index contributed by atoms with van der Waals surface area (Å²) in [6.45, 7) is 6.31. The van der Waals surface area contributed by atoms with E-state index in [1.807, 2.05) is 12.1 Å². The van der Waals surface area contributed by atoms with Crippen LogP contribution in [-0.2, 0) is 13.1 Å². The van der Waals surface area contributed by atoms with Crippen LogP contribution < -0.4 is 15.4 Å². The van der Waals surface area contributed by atoms with E-state index in [2.05, 4.69) is 58.7 Å². The van der Waals surface area contributed by atoms with Crippen LogP contribution in [0.4, 0.5) is 0 Å². The van der Waals surface area contributed by atoms with Gasteiger partial charge in [0.05, 0.1) is 13.7 Å². The number of aromatic nitrogens is 1. The third-order valence-electron chi connectivity index (χ3n) is 3.48. The molecule has 2 aromatic rings. The lowest BCUT2D eigenvalue weighted by Gasteiger charge is -2.12. The molecule has 0 unspecified atom stereocenters. The summed E-state index contributed by atoms with van der Waals surface area (Å²) in [4.78, 5) is 8.72. The zero-order valence-electron chi connectivity index (χ0n) is 14.0. The Morgan fingerprint density at radius 3 is 2.78 bits per heavy atom. The van der Waals surface area contributed by atoms with E-state index in [4.69, 9.17) is 4.74 Å². The van der Waals surface area contributed by atoms with Gasteiger partial charge in [0.2, 0.25) is 5.88 Å². The largest absolute Gasteiger partial charge is 0.481 e. The second kappa shape index (κ2) is 8.78. The summed E-state index contributed by atoms with van der Waals surface area (Å²) < 4.78 is 5.14. The lowest BCUT2D eigenvalue weighted by Crippen LogP contribution is -2.36. The molecule has 1 heterocycles. The highest BCUT2D eigenvalue weighted by atomic mass is 16.5. The van der Waals surface area contributed by atoms with Crippen molar-refractivity contribution >= 4 is 5.96 Å². The number of pyridine rings is 1. The van der Waals surface area contributed by atoms with Gasteiger partial charge < -0.3 is 15.4 Å². The van der Waals surface area contributed by atoms with Gasteiger partial charge in [-0.05, 0) is 36.6 Å². The molecule has 0 saturated carbocycles. The van der Waals surface area contributed by atoms with Gasteiger partial charge in [-0.15, -0.1) is 0 Å². The molecule has 122 valence electrons. The maximum absolute atomic E-state index is 5.14. The van der Waals surface area contributed by atoms with E-state index < -0.39 is 0 Å². The SMILES string of the molecule is CCNC(=NCc1ccnc(OC)c1)NCc1ccccc1C. The molecular formula is C18H24N4O. The minimum absolute atomic E-state index is 0.571. The standard InChI is InChI=1S/C18H24N4O/c1-4-19-18(22-13-16-8-6-5-7-14(16)2)21-12-15-9-10-20-17(11-15)23-3/h5-11H,4,12-13H2,1-3H3,(H2,19,21,22). The van der Waals surface area contributed by atoms with E-state index in [0.29, 0.717) is 12.4 Å². The van der Waals surface area contributed by atoms with Crippen molar-refractivity contribution in [2.24, 2.45) is 4.99 Å². The van der Waals surface area contributed by atoms with Crippen LogP contribution in [0.3, 0.4) is 0 Å². The maximum Gasteiger partial charge on any atom is 0.213 e. The highest BCUT2D eigenvalue weighted by Gasteiger charge is 2.01. The van der Waals surface area contributed by atoms with Crippen molar-refractivity contribution in [1.29, 1.82) is 0 Å². The Bertz CT molecular complexity index is 655. The maximum atomic E-state index is 5.14. The predicted molar refractivity (Wildman–Crippen MR) is 93.6 cm³/mol. The number of benzene rings is 1. The van der Waals surface area contributed by atoms with Crippen LogP contribution in [0, 0.1) is 6.92 Å². The van der Waals surface area contributed by atoms with Gasteiger partial charge in [0.1, 0.15) is 0 Å². The van der Waals surface area contributed by atoms with E-state index >= 15 is 0 Å². The van der Waals surface area contributed by atoms with Crippen LogP contribution in [0.5, 0.6) is 5.88 Å². The van der Waals surface area contributed by atoms with E-state index in [1.165, 1.54) is 11.1 Å². The van der Waals surface area contributed by atoms with Crippen molar-refractivity contribution in [3.8, 4) is 5.88 Å². The van der Waals surface area contributed by atoms with Gasteiger partial charge in [-0.3, -0.25) is 0 Å². The van der Waals surface area contributed by atoms with Crippen molar-refractivity contribution in [3.05, 3.63) is 59.3 Å². The number of methoxy groups -OCH3 is 1. The zero-order chi connectivity index (χ0) is 16.5. The molecule has 0 fully saturated rings. The van der Waals surface area contributed by atoms with Gasteiger partial charge in [0.15, 0.2) is 5.96 Å². The topological polar surface area (TPSA) is 58.5 Å². The molecule has 0 aliphatic heterocycles. The number of rotatable bonds is 6. The van der Waals surface area contributed by atoms with Crippen molar-refractivity contribution in [3.63, 3.8) is 0 Å². The zero-order valence-corrected chi connectivity index (χ0v) is 14.0. The monoisotopic (exact) mass is 312 g/mol. The quantitative estimate of drug-likeness (QED) is 0.636. The second-order valence-electron chi connectivity index (χ2n) is 5.18. The lowest BCUT2D eigenvalue weighted by atomic mass is 10.1. The average molecular weight is 312 g/mol. The molecule has 1 aromatic carbocycles. The summed E-state index contributed by atoms with van der Waals surface area (Å²) >= 11 is 0. The molecular weight excluding hydrogens is 288 g/mol. The number of aryl methyl sites for hydroxylation is 1. The Hall–Kier alpha value is -2.56. The molecule has 5 heteroatoms. The third-order valence-corrected chi connectivity index (χ3v) is 3.48. The number of ether oxygens (including phenoxy) is 1. The van der Waals surface area contributed by atoms with E-state index in [-0.39, 0.29) is 0 Å². The molecule has 0 spiro atoms. The number of aliphatic imine (C=N–C) groups is 1. The Labute approximate surface area is 137 Å². The highest BCUT2D eigenvalue weighted by molar-refractivity contribution is 5.79. The second-order valence-corrected chi connectivity index (χ2v) is 5.18. The molecule has 0 saturated heterocycles. The summed E-state index contributed by atoms with van der Waals surface area (Å²) in [7, 11) is 1.61. The van der Waals surface area contributed by atoms with Gasteiger partial charge in [0, 0.05) is 25.4 Å². The molecule has 0 amide bonds. The molecule has 0 aliphatic carbocycles. The fraction of sp³-hybridized carbons (Fsp3) is 0.333. The van der Waals surface area contributed by atoms with Crippen LogP contribution in [-0.4, -0.2) is 24.6 Å². The van der Waals surface area contributed by atoms with Crippen LogP contribution in [0.1, 0.15) is 23.6 Å². The number of nitrogens with one attached hydrogen (secondary N) is 2. The van der Waals surface area contributed by atoms with E-state index in [9.17, 15) is 0 Å². The molecule has 2 N–H and O–H groups in total. The van der Waals surface area contributed by atoms with Crippen molar-refractivity contribution < 1.29 is 4.74 Å². The number of hydrogen-bond donors (Lipinski definition) is 2. The van der Waals surface area contributed by atoms with E-state index in [0.717, 1.165) is 24.6 Å². The smallest absolute Gasteiger partial charge is 0.213 e. The normalized spacial score (nSPS) is 11.2. The van der Waals surface area contributed by atoms with Crippen LogP contribution in [0.15, 0.2) is 47.6 Å². The fourth-order valence-electron chi connectivity index (χ4n) is 2.16. The van der Waals surface area contributed by atoms with Crippen molar-refractivity contribution in [2.45, 2.75) is 26.9 Å². The molecule has 1 aromatic heterocycles. The summed E-state index contributed by atoms with van der Waals surface area (Å²) in [6.07, 6.45) is 1.73. The summed E-state index contributed by atoms with van der Waals surface area (Å²) in [6, 6.07) is 12.2. The molecule has 0 radical (unpaired) electrons. The van der Waals surface area contributed by atoms with E-state index in [1.54, 1.807) is 13.3 Å². The minimum atomic E-state index is 0.571. The first kappa shape index (κ1) is 16.8. The van der Waals surface area contributed by atoms with Crippen LogP contribution in [0.25, 0.3) is 0 Å². The molecule has 23 heavy (non-hydrogen) atoms. The van der Waals surface area contributed by atoms with Gasteiger partial charge in [0.25, 0.3) is 0 Å². The third kappa shape index (κ3) is 5.29. The summed E-state index contributed by atoms with van der Waals surface area (Å²) in [5.41, 5.74) is 3.60. The highest BCUT2D eigenvalue weighted by Crippen LogP contribution is 2.09. The van der Waals surface area contributed by atoms with Crippen LogP contribution >= 0.6 is 0 Å². The number of hydrogen-bond acceptors (Lipinski definition) is 3. The van der Waals surface area contributed by atoms with Crippen molar-refractivity contribution in [1.82, 2.24) is 15.6 Å². The van der Waals surface area contributed by atoms with Gasteiger partial charge in [-0.25, -0.2) is 9.98 Å². The molecule has 0 atom stereocenters. The molecule has 5 nitrogen and oxygen atoms in total. The molecule has 0 aliphatic rings. The first-order valence-electron chi connectivity index (χ1n) is 7.78. The number of nitrogens with zero attached hydrogens (tertiary/aromatic N) is 2. The first-order valence-corrected chi connectivity index (χ1v) is 7.78. The van der Waals surface area contributed by atoms with Gasteiger partial charge >= 0.3 is 0 Å². The van der Waals surface area contributed by atoms with Gasteiger partial charge in [-0.2, -0.15) is 0 Å². The predicted octanol–water partition coefficient (Wildman–Crippen LogP) is 2.65. The Morgan fingerprint density at radius 2 is 2.04 bits per heavy atom. The van der Waals surface area contributed by atoms with Crippen molar-refractivity contribution in [2.75, 3.05) is 13.7 Å².